The Labute approximate surface area is 130 Å². The summed E-state index contributed by atoms with van der Waals surface area (Å²) < 4.78 is 26.7. The highest BCUT2D eigenvalue weighted by molar-refractivity contribution is 7.93. The van der Waals surface area contributed by atoms with Crippen molar-refractivity contribution >= 4 is 55.3 Å². The quantitative estimate of drug-likeness (QED) is 0.830. The Hall–Kier alpha value is -1.22. The van der Waals surface area contributed by atoms with Gasteiger partial charge in [0.25, 0.3) is 10.0 Å². The van der Waals surface area contributed by atoms with E-state index in [0.29, 0.717) is 10.7 Å². The van der Waals surface area contributed by atoms with Gasteiger partial charge in [0.15, 0.2) is 5.13 Å². The Bertz CT molecular complexity index is 771. The van der Waals surface area contributed by atoms with E-state index in [0.717, 1.165) is 5.69 Å². The van der Waals surface area contributed by atoms with Crippen molar-refractivity contribution in [1.82, 2.24) is 4.98 Å². The molecule has 0 radical (unpaired) electrons. The molecule has 0 atom stereocenters. The number of aryl methyl sites for hydroxylation is 1. The van der Waals surface area contributed by atoms with Crippen LogP contribution < -0.4 is 10.5 Å². The van der Waals surface area contributed by atoms with Gasteiger partial charge in [-0.3, -0.25) is 4.72 Å². The largest absolute Gasteiger partial charge is 0.389 e. The van der Waals surface area contributed by atoms with Gasteiger partial charge in [0.1, 0.15) is 4.99 Å². The molecule has 0 saturated heterocycles. The Morgan fingerprint density at radius 1 is 1.50 bits per heavy atom. The minimum Gasteiger partial charge on any atom is -0.389 e. The van der Waals surface area contributed by atoms with Crippen LogP contribution in [0.3, 0.4) is 0 Å². The highest BCUT2D eigenvalue weighted by Gasteiger charge is 2.17. The number of benzene rings is 1. The van der Waals surface area contributed by atoms with Crippen LogP contribution in [-0.2, 0) is 10.0 Å². The standard InChI is InChI=1S/C11H10ClN3O2S3/c1-6-5-19-11(14-6)15-20(16,17)7-2-3-8(10(13)18)9(12)4-7/h2-5H,1H3,(H2,13,18)(H,14,15). The van der Waals surface area contributed by atoms with Gasteiger partial charge >= 0.3 is 0 Å². The second-order valence-electron chi connectivity index (χ2n) is 3.91. The van der Waals surface area contributed by atoms with Crippen molar-refractivity contribution in [1.29, 1.82) is 0 Å². The Morgan fingerprint density at radius 2 is 2.20 bits per heavy atom. The summed E-state index contributed by atoms with van der Waals surface area (Å²) in [6.07, 6.45) is 0. The van der Waals surface area contributed by atoms with Crippen LogP contribution in [0.25, 0.3) is 0 Å². The van der Waals surface area contributed by atoms with E-state index in [1.165, 1.54) is 29.5 Å². The Morgan fingerprint density at radius 3 is 2.70 bits per heavy atom. The SMILES string of the molecule is Cc1csc(NS(=O)(=O)c2ccc(C(N)=S)c(Cl)c2)n1. The number of rotatable bonds is 4. The summed E-state index contributed by atoms with van der Waals surface area (Å²) in [6, 6.07) is 4.17. The van der Waals surface area contributed by atoms with Gasteiger partial charge in [-0.2, -0.15) is 0 Å². The molecule has 0 aliphatic heterocycles. The maximum absolute atomic E-state index is 12.2. The van der Waals surface area contributed by atoms with Gasteiger partial charge in [-0.05, 0) is 25.1 Å². The number of sulfonamides is 1. The summed E-state index contributed by atoms with van der Waals surface area (Å²) in [5.41, 5.74) is 6.65. The molecule has 0 aliphatic rings. The third kappa shape index (κ3) is 3.26. The molecule has 0 unspecified atom stereocenters. The van der Waals surface area contributed by atoms with Crippen molar-refractivity contribution in [3.63, 3.8) is 0 Å². The molecule has 0 spiro atoms. The molecular formula is C11H10ClN3O2S3. The predicted octanol–water partition coefficient (Wildman–Crippen LogP) is 2.54. The molecule has 0 saturated carbocycles. The molecule has 0 amide bonds. The van der Waals surface area contributed by atoms with Crippen molar-refractivity contribution in [2.45, 2.75) is 11.8 Å². The molecule has 3 N–H and O–H groups in total. The van der Waals surface area contributed by atoms with E-state index in [9.17, 15) is 8.42 Å². The highest BCUT2D eigenvalue weighted by Crippen LogP contribution is 2.24. The number of nitrogens with one attached hydrogen (secondary N) is 1. The van der Waals surface area contributed by atoms with Crippen LogP contribution in [0, 0.1) is 6.92 Å². The zero-order chi connectivity index (χ0) is 14.9. The first-order valence-corrected chi connectivity index (χ1v) is 8.49. The van der Waals surface area contributed by atoms with Gasteiger partial charge in [0, 0.05) is 10.9 Å². The lowest BCUT2D eigenvalue weighted by Gasteiger charge is -2.07. The molecular weight excluding hydrogens is 338 g/mol. The van der Waals surface area contributed by atoms with E-state index < -0.39 is 10.0 Å². The third-order valence-corrected chi connectivity index (χ3v) is 5.23. The maximum atomic E-state index is 12.2. The first-order chi connectivity index (χ1) is 9.29. The van der Waals surface area contributed by atoms with Gasteiger partial charge in [-0.15, -0.1) is 11.3 Å². The van der Waals surface area contributed by atoms with Crippen molar-refractivity contribution in [3.05, 3.63) is 39.9 Å². The van der Waals surface area contributed by atoms with Crippen molar-refractivity contribution in [2.75, 3.05) is 4.72 Å². The Kier molecular flexibility index (Phi) is 4.28. The fourth-order valence-electron chi connectivity index (χ4n) is 1.44. The zero-order valence-electron chi connectivity index (χ0n) is 10.3. The van der Waals surface area contributed by atoms with E-state index in [1.807, 2.05) is 0 Å². The monoisotopic (exact) mass is 347 g/mol. The van der Waals surface area contributed by atoms with Crippen LogP contribution in [0.5, 0.6) is 0 Å². The minimum absolute atomic E-state index is 0.0235. The van der Waals surface area contributed by atoms with Crippen molar-refractivity contribution < 1.29 is 8.42 Å². The number of halogens is 1. The molecule has 9 heteroatoms. The molecule has 0 bridgehead atoms. The summed E-state index contributed by atoms with van der Waals surface area (Å²) in [6.45, 7) is 1.78. The second-order valence-corrected chi connectivity index (χ2v) is 7.29. The topological polar surface area (TPSA) is 85.1 Å². The van der Waals surface area contributed by atoms with E-state index in [2.05, 4.69) is 9.71 Å². The lowest BCUT2D eigenvalue weighted by Crippen LogP contribution is -2.14. The van der Waals surface area contributed by atoms with Gasteiger partial charge < -0.3 is 5.73 Å². The number of aromatic nitrogens is 1. The fourth-order valence-corrected chi connectivity index (χ4v) is 3.99. The van der Waals surface area contributed by atoms with Crippen LogP contribution >= 0.6 is 35.2 Å². The summed E-state index contributed by atoms with van der Waals surface area (Å²) in [5, 5.41) is 2.24. The summed E-state index contributed by atoms with van der Waals surface area (Å²) in [4.78, 5) is 4.18. The van der Waals surface area contributed by atoms with Gasteiger partial charge in [-0.1, -0.05) is 23.8 Å². The summed E-state index contributed by atoms with van der Waals surface area (Å²) in [7, 11) is -3.74. The van der Waals surface area contributed by atoms with E-state index in [-0.39, 0.29) is 14.9 Å². The third-order valence-electron chi connectivity index (χ3n) is 2.36. The van der Waals surface area contributed by atoms with Crippen LogP contribution in [0.2, 0.25) is 5.02 Å². The maximum Gasteiger partial charge on any atom is 0.263 e. The lowest BCUT2D eigenvalue weighted by atomic mass is 10.2. The molecule has 2 aromatic rings. The molecule has 1 aromatic carbocycles. The number of hydrogen-bond acceptors (Lipinski definition) is 5. The molecule has 20 heavy (non-hydrogen) atoms. The van der Waals surface area contributed by atoms with E-state index in [4.69, 9.17) is 29.6 Å². The van der Waals surface area contributed by atoms with Crippen molar-refractivity contribution in [3.8, 4) is 0 Å². The zero-order valence-corrected chi connectivity index (χ0v) is 13.5. The first-order valence-electron chi connectivity index (χ1n) is 5.34. The number of anilines is 1. The fraction of sp³-hybridized carbons (Fsp3) is 0.0909. The molecule has 2 rings (SSSR count). The predicted molar refractivity (Wildman–Crippen MR) is 85.0 cm³/mol. The van der Waals surface area contributed by atoms with Gasteiger partial charge in [0.2, 0.25) is 0 Å². The van der Waals surface area contributed by atoms with Crippen LogP contribution in [0.1, 0.15) is 11.3 Å². The normalized spacial score (nSPS) is 11.3. The average Bonchev–Trinajstić information content (AvgIpc) is 2.73. The molecule has 1 heterocycles. The van der Waals surface area contributed by atoms with Crippen molar-refractivity contribution in [2.24, 2.45) is 5.73 Å². The number of nitrogens with two attached hydrogens (primary N) is 1. The minimum atomic E-state index is -3.74. The summed E-state index contributed by atoms with van der Waals surface area (Å²) in [5.74, 6) is 0. The van der Waals surface area contributed by atoms with Gasteiger partial charge in [0.05, 0.1) is 15.6 Å². The summed E-state index contributed by atoms with van der Waals surface area (Å²) >= 11 is 12.0. The number of thiazole rings is 1. The van der Waals surface area contributed by atoms with E-state index in [1.54, 1.807) is 12.3 Å². The van der Waals surface area contributed by atoms with Gasteiger partial charge in [-0.25, -0.2) is 13.4 Å². The molecule has 106 valence electrons. The Balaban J connectivity index is 2.35. The first kappa shape index (κ1) is 15.2. The highest BCUT2D eigenvalue weighted by atomic mass is 35.5. The van der Waals surface area contributed by atoms with E-state index >= 15 is 0 Å². The number of hydrogen-bond donors (Lipinski definition) is 2. The molecule has 1 aromatic heterocycles. The molecule has 0 fully saturated rings. The number of thiocarbonyl (C=S) groups is 1. The van der Waals surface area contributed by atoms with Crippen LogP contribution in [0.4, 0.5) is 5.13 Å². The smallest absolute Gasteiger partial charge is 0.263 e. The number of nitrogens with zero attached hydrogens (tertiary/aromatic N) is 1. The average molecular weight is 348 g/mol. The molecule has 5 nitrogen and oxygen atoms in total. The van der Waals surface area contributed by atoms with Crippen LogP contribution in [0.15, 0.2) is 28.5 Å². The lowest BCUT2D eigenvalue weighted by molar-refractivity contribution is 0.601. The molecule has 0 aliphatic carbocycles. The van der Waals surface area contributed by atoms with Crippen LogP contribution in [-0.4, -0.2) is 18.4 Å². The second kappa shape index (κ2) is 5.65.